The van der Waals surface area contributed by atoms with E-state index < -0.39 is 16.0 Å². The number of esters is 1. The Morgan fingerprint density at radius 3 is 2.72 bits per heavy atom. The number of fused-ring (bicyclic) bond motifs is 1. The first-order valence-electron chi connectivity index (χ1n) is 9.96. The number of rotatable bonds is 6. The van der Waals surface area contributed by atoms with Crippen molar-refractivity contribution in [3.05, 3.63) is 82.6 Å². The van der Waals surface area contributed by atoms with E-state index in [-0.39, 0.29) is 22.8 Å². The second-order valence-corrected chi connectivity index (χ2v) is 9.46. The first-order chi connectivity index (χ1) is 15.4. The Morgan fingerprint density at radius 1 is 1.16 bits per heavy atom. The summed E-state index contributed by atoms with van der Waals surface area (Å²) in [5.74, 6) is -0.496. The smallest absolute Gasteiger partial charge is 0.338 e. The molecule has 0 saturated heterocycles. The van der Waals surface area contributed by atoms with E-state index in [0.29, 0.717) is 29.4 Å². The van der Waals surface area contributed by atoms with Crippen LogP contribution in [-0.4, -0.2) is 33.0 Å². The molecule has 4 rings (SSSR count). The van der Waals surface area contributed by atoms with Gasteiger partial charge in [-0.1, -0.05) is 35.9 Å². The van der Waals surface area contributed by atoms with Crippen molar-refractivity contribution >= 4 is 33.3 Å². The molecular weight excluding hydrogens is 452 g/mol. The summed E-state index contributed by atoms with van der Waals surface area (Å²) < 4.78 is 39.2. The quantitative estimate of drug-likeness (QED) is 0.394. The summed E-state index contributed by atoms with van der Waals surface area (Å²) in [6, 6.07) is 14.9. The maximum absolute atomic E-state index is 13.6. The predicted octanol–water partition coefficient (Wildman–Crippen LogP) is 4.24. The molecule has 9 heteroatoms. The summed E-state index contributed by atoms with van der Waals surface area (Å²) in [7, 11) is -2.58. The van der Waals surface area contributed by atoms with Crippen LogP contribution in [0.4, 0.5) is 5.69 Å². The van der Waals surface area contributed by atoms with Gasteiger partial charge in [0.1, 0.15) is 22.4 Å². The number of carbonyl (C=O) groups excluding carboxylic acids is 1. The van der Waals surface area contributed by atoms with Gasteiger partial charge in [-0.05, 0) is 48.7 Å². The van der Waals surface area contributed by atoms with Crippen molar-refractivity contribution in [3.8, 4) is 5.75 Å². The molecule has 0 aliphatic carbocycles. The SMILES string of the molecule is COc1ccc(C(=O)OCc2ccc(Cl)nc2)cc1S(=O)(=O)N1CCCc2ccccc21. The standard InChI is InChI=1S/C23H21ClN2O5S/c1-30-20-10-9-18(23(27)31-15-16-8-11-22(24)25-14-16)13-21(20)32(28,29)26-12-4-6-17-5-2-3-7-19(17)26/h2-3,5,7-11,13-14H,4,6,12,15H2,1H3. The van der Waals surface area contributed by atoms with Crippen LogP contribution in [0.3, 0.4) is 0 Å². The third-order valence-electron chi connectivity index (χ3n) is 5.19. The van der Waals surface area contributed by atoms with E-state index in [0.717, 1.165) is 12.0 Å². The van der Waals surface area contributed by atoms with Gasteiger partial charge in [-0.25, -0.2) is 18.2 Å². The van der Waals surface area contributed by atoms with Gasteiger partial charge in [0.05, 0.1) is 18.4 Å². The van der Waals surface area contributed by atoms with Gasteiger partial charge in [0.2, 0.25) is 0 Å². The molecule has 32 heavy (non-hydrogen) atoms. The van der Waals surface area contributed by atoms with Crippen molar-refractivity contribution in [2.24, 2.45) is 0 Å². The number of methoxy groups -OCH3 is 1. The molecular formula is C23H21ClN2O5S. The number of halogens is 1. The van der Waals surface area contributed by atoms with Crippen LogP contribution in [-0.2, 0) is 27.8 Å². The average Bonchev–Trinajstić information content (AvgIpc) is 2.82. The second-order valence-electron chi connectivity index (χ2n) is 7.24. The van der Waals surface area contributed by atoms with Crippen LogP contribution in [0.2, 0.25) is 5.15 Å². The maximum Gasteiger partial charge on any atom is 0.338 e. The van der Waals surface area contributed by atoms with Crippen molar-refractivity contribution in [2.75, 3.05) is 18.0 Å². The van der Waals surface area contributed by atoms with Crippen LogP contribution in [0.25, 0.3) is 0 Å². The zero-order valence-electron chi connectivity index (χ0n) is 17.3. The van der Waals surface area contributed by atoms with Gasteiger partial charge >= 0.3 is 5.97 Å². The number of hydrogen-bond donors (Lipinski definition) is 0. The number of nitrogens with zero attached hydrogens (tertiary/aromatic N) is 2. The Kier molecular flexibility index (Phi) is 6.34. The lowest BCUT2D eigenvalue weighted by molar-refractivity contribution is 0.0472. The highest BCUT2D eigenvalue weighted by atomic mass is 35.5. The van der Waals surface area contributed by atoms with Crippen LogP contribution in [0.5, 0.6) is 5.75 Å². The largest absolute Gasteiger partial charge is 0.495 e. The third kappa shape index (κ3) is 4.42. The van der Waals surface area contributed by atoms with Gasteiger partial charge in [0.15, 0.2) is 0 Å². The summed E-state index contributed by atoms with van der Waals surface area (Å²) in [5, 5.41) is 0.337. The number of aromatic nitrogens is 1. The predicted molar refractivity (Wildman–Crippen MR) is 121 cm³/mol. The summed E-state index contributed by atoms with van der Waals surface area (Å²) in [6.07, 6.45) is 3.02. The molecule has 0 N–H and O–H groups in total. The Hall–Kier alpha value is -3.10. The Balaban J connectivity index is 1.63. The molecule has 2 heterocycles. The summed E-state index contributed by atoms with van der Waals surface area (Å²) in [6.45, 7) is 0.331. The number of aryl methyl sites for hydroxylation is 1. The average molecular weight is 473 g/mol. The summed E-state index contributed by atoms with van der Waals surface area (Å²) in [5.41, 5.74) is 2.38. The zero-order chi connectivity index (χ0) is 22.7. The van der Waals surface area contributed by atoms with Crippen LogP contribution < -0.4 is 9.04 Å². The molecule has 166 valence electrons. The van der Waals surface area contributed by atoms with E-state index in [4.69, 9.17) is 21.1 Å². The fourth-order valence-electron chi connectivity index (χ4n) is 3.60. The second kappa shape index (κ2) is 9.18. The molecule has 1 aliphatic heterocycles. The van der Waals surface area contributed by atoms with Gasteiger partial charge in [-0.3, -0.25) is 4.31 Å². The summed E-state index contributed by atoms with van der Waals surface area (Å²) >= 11 is 5.76. The Bertz CT molecular complexity index is 1250. The Labute approximate surface area is 191 Å². The molecule has 0 amide bonds. The molecule has 0 atom stereocenters. The number of anilines is 1. The van der Waals surface area contributed by atoms with Crippen molar-refractivity contribution in [3.63, 3.8) is 0 Å². The maximum atomic E-state index is 13.6. The van der Waals surface area contributed by atoms with Gasteiger partial charge in [0.25, 0.3) is 10.0 Å². The Morgan fingerprint density at radius 2 is 1.97 bits per heavy atom. The zero-order valence-corrected chi connectivity index (χ0v) is 18.9. The van der Waals surface area contributed by atoms with Gasteiger partial charge in [0, 0.05) is 18.3 Å². The van der Waals surface area contributed by atoms with Crippen LogP contribution in [0.1, 0.15) is 27.9 Å². The van der Waals surface area contributed by atoms with Gasteiger partial charge in [-0.15, -0.1) is 0 Å². The monoisotopic (exact) mass is 472 g/mol. The molecule has 0 bridgehead atoms. The number of carbonyl (C=O) groups is 1. The molecule has 0 radical (unpaired) electrons. The molecule has 0 saturated carbocycles. The summed E-state index contributed by atoms with van der Waals surface area (Å²) in [4.78, 5) is 16.5. The minimum Gasteiger partial charge on any atom is -0.495 e. The normalized spacial score (nSPS) is 13.4. The molecule has 2 aromatic carbocycles. The molecule has 7 nitrogen and oxygen atoms in total. The highest BCUT2D eigenvalue weighted by Gasteiger charge is 2.32. The van der Waals surface area contributed by atoms with Crippen LogP contribution >= 0.6 is 11.6 Å². The van der Waals surface area contributed by atoms with E-state index in [1.807, 2.05) is 18.2 Å². The van der Waals surface area contributed by atoms with Crippen molar-refractivity contribution in [1.29, 1.82) is 0 Å². The van der Waals surface area contributed by atoms with E-state index in [1.165, 1.54) is 35.8 Å². The topological polar surface area (TPSA) is 85.8 Å². The van der Waals surface area contributed by atoms with Crippen molar-refractivity contribution in [2.45, 2.75) is 24.3 Å². The lowest BCUT2D eigenvalue weighted by Gasteiger charge is -2.30. The van der Waals surface area contributed by atoms with E-state index in [9.17, 15) is 13.2 Å². The van der Waals surface area contributed by atoms with Crippen LogP contribution in [0, 0.1) is 0 Å². The van der Waals surface area contributed by atoms with Crippen LogP contribution in [0.15, 0.2) is 65.7 Å². The van der Waals surface area contributed by atoms with E-state index >= 15 is 0 Å². The molecule has 0 fully saturated rings. The number of benzene rings is 2. The highest BCUT2D eigenvalue weighted by Crippen LogP contribution is 2.35. The minimum atomic E-state index is -3.97. The number of para-hydroxylation sites is 1. The van der Waals surface area contributed by atoms with Gasteiger partial charge < -0.3 is 9.47 Å². The van der Waals surface area contributed by atoms with Crippen molar-refractivity contribution < 1.29 is 22.7 Å². The highest BCUT2D eigenvalue weighted by molar-refractivity contribution is 7.93. The molecule has 0 spiro atoms. The van der Waals surface area contributed by atoms with Gasteiger partial charge in [-0.2, -0.15) is 0 Å². The van der Waals surface area contributed by atoms with E-state index in [2.05, 4.69) is 4.98 Å². The van der Waals surface area contributed by atoms with E-state index in [1.54, 1.807) is 18.2 Å². The molecule has 0 unspecified atom stereocenters. The number of pyridine rings is 1. The number of sulfonamides is 1. The fourth-order valence-corrected chi connectivity index (χ4v) is 5.43. The first-order valence-corrected chi connectivity index (χ1v) is 11.8. The molecule has 3 aromatic rings. The lowest BCUT2D eigenvalue weighted by atomic mass is 10.0. The fraction of sp³-hybridized carbons (Fsp3) is 0.217. The minimum absolute atomic E-state index is 0.0172. The third-order valence-corrected chi connectivity index (χ3v) is 7.25. The number of ether oxygens (including phenoxy) is 2. The first kappa shape index (κ1) is 22.1. The molecule has 1 aromatic heterocycles. The lowest BCUT2D eigenvalue weighted by Crippen LogP contribution is -2.35. The number of hydrogen-bond acceptors (Lipinski definition) is 6. The molecule has 1 aliphatic rings. The van der Waals surface area contributed by atoms with Crippen molar-refractivity contribution in [1.82, 2.24) is 4.98 Å².